The zero-order chi connectivity index (χ0) is 14.6. The largest absolute Gasteiger partial charge is 0.396 e. The third-order valence-electron chi connectivity index (χ3n) is 6.19. The summed E-state index contributed by atoms with van der Waals surface area (Å²) in [4.78, 5) is 0. The summed E-state index contributed by atoms with van der Waals surface area (Å²) in [5.74, 6) is 0.0975. The van der Waals surface area contributed by atoms with Crippen LogP contribution in [0.25, 0.3) is 0 Å². The molecule has 1 aromatic rings. The summed E-state index contributed by atoms with van der Waals surface area (Å²) in [6.07, 6.45) is 3.19. The van der Waals surface area contributed by atoms with Gasteiger partial charge in [0.25, 0.3) is 0 Å². The molecule has 4 unspecified atom stereocenters. The van der Waals surface area contributed by atoms with Gasteiger partial charge in [-0.3, -0.25) is 0 Å². The van der Waals surface area contributed by atoms with Gasteiger partial charge in [-0.15, -0.1) is 0 Å². The lowest BCUT2D eigenvalue weighted by atomic mass is 9.68. The number of fused-ring (bicyclic) bond motifs is 2. The quantitative estimate of drug-likeness (QED) is 0.887. The van der Waals surface area contributed by atoms with E-state index in [1.165, 1.54) is 0 Å². The molecule has 0 heterocycles. The van der Waals surface area contributed by atoms with Crippen LogP contribution in [0.15, 0.2) is 30.3 Å². The molecular weight excluding hydrogens is 248 g/mol. The zero-order valence-electron chi connectivity index (χ0n) is 12.8. The Bertz CT molecular complexity index is 495. The van der Waals surface area contributed by atoms with Crippen LogP contribution in [0.5, 0.6) is 0 Å². The molecule has 4 atom stereocenters. The summed E-state index contributed by atoms with van der Waals surface area (Å²) >= 11 is 0. The van der Waals surface area contributed by atoms with Crippen LogP contribution < -0.4 is 0 Å². The van der Waals surface area contributed by atoms with Crippen LogP contribution in [-0.4, -0.2) is 22.4 Å². The number of hydrogen-bond donors (Lipinski definition) is 2. The second-order valence-electron chi connectivity index (χ2n) is 7.79. The molecule has 3 rings (SSSR count). The molecule has 2 saturated carbocycles. The molecule has 110 valence electrons. The number of aliphatic hydroxyl groups is 2. The molecular formula is C18H26O2. The monoisotopic (exact) mass is 274 g/mol. The van der Waals surface area contributed by atoms with E-state index in [2.05, 4.69) is 20.8 Å². The molecule has 20 heavy (non-hydrogen) atoms. The Labute approximate surface area is 121 Å². The van der Waals surface area contributed by atoms with Crippen LogP contribution in [0, 0.1) is 16.7 Å². The first-order chi connectivity index (χ1) is 9.35. The average Bonchev–Trinajstić information content (AvgIpc) is 2.71. The fraction of sp³-hybridized carbons (Fsp3) is 0.667. The Morgan fingerprint density at radius 2 is 1.85 bits per heavy atom. The van der Waals surface area contributed by atoms with Gasteiger partial charge in [-0.2, -0.15) is 0 Å². The Morgan fingerprint density at radius 1 is 1.20 bits per heavy atom. The minimum atomic E-state index is -0.785. The third-order valence-corrected chi connectivity index (χ3v) is 6.19. The average molecular weight is 274 g/mol. The highest BCUT2D eigenvalue weighted by molar-refractivity contribution is 5.30. The fourth-order valence-electron chi connectivity index (χ4n) is 5.50. The SMILES string of the molecule is CC1(C)CC2(C)CCC1C2(O)C(CO)c1ccccc1. The molecule has 2 N–H and O–H groups in total. The highest BCUT2D eigenvalue weighted by Crippen LogP contribution is 2.71. The number of hydrogen-bond acceptors (Lipinski definition) is 2. The van der Waals surface area contributed by atoms with Crippen molar-refractivity contribution in [2.75, 3.05) is 6.61 Å². The molecule has 0 radical (unpaired) electrons. The van der Waals surface area contributed by atoms with Crippen molar-refractivity contribution in [3.8, 4) is 0 Å². The maximum Gasteiger partial charge on any atom is 0.0824 e. The standard InChI is InChI=1S/C18H26O2/c1-16(2)12-17(3)10-9-15(16)18(17,20)14(11-19)13-7-5-4-6-8-13/h4-8,14-15,19-20H,9-12H2,1-3H3. The Kier molecular flexibility index (Phi) is 3.04. The van der Waals surface area contributed by atoms with E-state index in [-0.39, 0.29) is 29.3 Å². The van der Waals surface area contributed by atoms with E-state index in [0.717, 1.165) is 24.8 Å². The van der Waals surface area contributed by atoms with Crippen molar-refractivity contribution in [2.24, 2.45) is 16.7 Å². The Morgan fingerprint density at radius 3 is 2.30 bits per heavy atom. The van der Waals surface area contributed by atoms with Crippen LogP contribution in [0.2, 0.25) is 0 Å². The lowest BCUT2D eigenvalue weighted by Gasteiger charge is -2.42. The smallest absolute Gasteiger partial charge is 0.0824 e. The van der Waals surface area contributed by atoms with Gasteiger partial charge in [0.1, 0.15) is 0 Å². The first kappa shape index (κ1) is 14.1. The maximum atomic E-state index is 11.6. The van der Waals surface area contributed by atoms with E-state index in [1.807, 2.05) is 30.3 Å². The lowest BCUT2D eigenvalue weighted by molar-refractivity contribution is -0.0887. The summed E-state index contributed by atoms with van der Waals surface area (Å²) in [7, 11) is 0. The van der Waals surface area contributed by atoms with Crippen LogP contribution in [-0.2, 0) is 0 Å². The highest BCUT2D eigenvalue weighted by Gasteiger charge is 2.70. The summed E-state index contributed by atoms with van der Waals surface area (Å²) in [5.41, 5.74) is 0.356. The second-order valence-corrected chi connectivity index (χ2v) is 7.79. The van der Waals surface area contributed by atoms with Crippen molar-refractivity contribution >= 4 is 0 Å². The van der Waals surface area contributed by atoms with E-state index < -0.39 is 5.60 Å². The highest BCUT2D eigenvalue weighted by atomic mass is 16.3. The van der Waals surface area contributed by atoms with Gasteiger partial charge in [0.15, 0.2) is 0 Å². The molecule has 1 aromatic carbocycles. The van der Waals surface area contributed by atoms with E-state index in [9.17, 15) is 10.2 Å². The molecule has 0 spiro atoms. The summed E-state index contributed by atoms with van der Waals surface area (Å²) < 4.78 is 0. The van der Waals surface area contributed by atoms with E-state index in [4.69, 9.17) is 0 Å². The molecule has 2 bridgehead atoms. The number of benzene rings is 1. The van der Waals surface area contributed by atoms with Gasteiger partial charge < -0.3 is 10.2 Å². The first-order valence-corrected chi connectivity index (χ1v) is 7.73. The topological polar surface area (TPSA) is 40.5 Å². The summed E-state index contributed by atoms with van der Waals surface area (Å²) in [6.45, 7) is 6.77. The minimum absolute atomic E-state index is 0.0166. The van der Waals surface area contributed by atoms with Crippen molar-refractivity contribution in [3.63, 3.8) is 0 Å². The van der Waals surface area contributed by atoms with Crippen molar-refractivity contribution in [2.45, 2.75) is 51.6 Å². The lowest BCUT2D eigenvalue weighted by Crippen LogP contribution is -2.48. The van der Waals surface area contributed by atoms with Crippen LogP contribution >= 0.6 is 0 Å². The third kappa shape index (κ3) is 1.64. The van der Waals surface area contributed by atoms with Crippen LogP contribution in [0.1, 0.15) is 51.5 Å². The molecule has 2 aliphatic carbocycles. The second kappa shape index (κ2) is 4.32. The van der Waals surface area contributed by atoms with Crippen molar-refractivity contribution < 1.29 is 10.2 Å². The molecule has 0 aliphatic heterocycles. The first-order valence-electron chi connectivity index (χ1n) is 7.73. The molecule has 2 aliphatic rings. The molecule has 2 fully saturated rings. The molecule has 0 saturated heterocycles. The van der Waals surface area contributed by atoms with Crippen LogP contribution in [0.3, 0.4) is 0 Å². The molecule has 0 aromatic heterocycles. The fourth-order valence-corrected chi connectivity index (χ4v) is 5.50. The van der Waals surface area contributed by atoms with Crippen LogP contribution in [0.4, 0.5) is 0 Å². The predicted molar refractivity (Wildman–Crippen MR) is 80.4 cm³/mol. The van der Waals surface area contributed by atoms with Gasteiger partial charge in [0.2, 0.25) is 0 Å². The van der Waals surface area contributed by atoms with Crippen molar-refractivity contribution in [1.29, 1.82) is 0 Å². The van der Waals surface area contributed by atoms with Gasteiger partial charge in [-0.25, -0.2) is 0 Å². The Hall–Kier alpha value is -0.860. The zero-order valence-corrected chi connectivity index (χ0v) is 12.8. The molecule has 2 heteroatoms. The van der Waals surface area contributed by atoms with E-state index >= 15 is 0 Å². The van der Waals surface area contributed by atoms with Gasteiger partial charge in [-0.05, 0) is 41.6 Å². The number of rotatable bonds is 3. The summed E-state index contributed by atoms with van der Waals surface area (Å²) in [6, 6.07) is 10.0. The van der Waals surface area contributed by atoms with Crippen molar-refractivity contribution in [1.82, 2.24) is 0 Å². The minimum Gasteiger partial charge on any atom is -0.396 e. The van der Waals surface area contributed by atoms with Gasteiger partial charge in [0, 0.05) is 5.92 Å². The molecule has 0 amide bonds. The van der Waals surface area contributed by atoms with Gasteiger partial charge >= 0.3 is 0 Å². The van der Waals surface area contributed by atoms with Gasteiger partial charge in [-0.1, -0.05) is 51.1 Å². The van der Waals surface area contributed by atoms with E-state index in [0.29, 0.717) is 0 Å². The Balaban J connectivity index is 2.08. The predicted octanol–water partition coefficient (Wildman–Crippen LogP) is 3.34. The number of aliphatic hydroxyl groups excluding tert-OH is 1. The van der Waals surface area contributed by atoms with Crippen molar-refractivity contribution in [3.05, 3.63) is 35.9 Å². The van der Waals surface area contributed by atoms with Gasteiger partial charge in [0.05, 0.1) is 12.2 Å². The maximum absolute atomic E-state index is 11.6. The van der Waals surface area contributed by atoms with E-state index in [1.54, 1.807) is 0 Å². The summed E-state index contributed by atoms with van der Waals surface area (Å²) in [5, 5.41) is 21.6. The molecule has 2 nitrogen and oxygen atoms in total. The normalized spacial score (nSPS) is 40.0.